The first-order valence-corrected chi connectivity index (χ1v) is 9.34. The highest BCUT2D eigenvalue weighted by atomic mass is 16.5. The number of nitrogens with one attached hydrogen (secondary N) is 2. The van der Waals surface area contributed by atoms with Crippen molar-refractivity contribution in [1.29, 1.82) is 0 Å². The van der Waals surface area contributed by atoms with Crippen LogP contribution in [0.2, 0.25) is 0 Å². The molecule has 8 heteroatoms. The van der Waals surface area contributed by atoms with Crippen molar-refractivity contribution in [3.05, 3.63) is 41.7 Å². The van der Waals surface area contributed by atoms with E-state index in [4.69, 9.17) is 4.74 Å². The van der Waals surface area contributed by atoms with Crippen LogP contribution in [-0.4, -0.2) is 38.0 Å². The van der Waals surface area contributed by atoms with E-state index in [2.05, 4.69) is 46.4 Å². The summed E-state index contributed by atoms with van der Waals surface area (Å²) in [5, 5.41) is 14.2. The van der Waals surface area contributed by atoms with Crippen molar-refractivity contribution in [2.45, 2.75) is 45.1 Å². The molecule has 1 aliphatic rings. The van der Waals surface area contributed by atoms with Crippen LogP contribution < -0.4 is 10.1 Å². The predicted molar refractivity (Wildman–Crippen MR) is 106 cm³/mol. The number of carbonyl (C=O) groups excluding carboxylic acids is 1. The molecule has 4 rings (SSSR count). The summed E-state index contributed by atoms with van der Waals surface area (Å²) < 4.78 is 7.30. The van der Waals surface area contributed by atoms with Crippen molar-refractivity contribution in [1.82, 2.24) is 25.0 Å². The monoisotopic (exact) mass is 380 g/mol. The lowest BCUT2D eigenvalue weighted by Crippen LogP contribution is -2.25. The van der Waals surface area contributed by atoms with Crippen molar-refractivity contribution in [3.63, 3.8) is 0 Å². The highest BCUT2D eigenvalue weighted by Crippen LogP contribution is 2.41. The first-order chi connectivity index (χ1) is 13.4. The van der Waals surface area contributed by atoms with Gasteiger partial charge in [0.25, 0.3) is 5.91 Å². The third-order valence-corrected chi connectivity index (χ3v) is 4.67. The largest absolute Gasteiger partial charge is 0.496 e. The smallest absolute Gasteiger partial charge is 0.278 e. The van der Waals surface area contributed by atoms with Gasteiger partial charge in [-0.1, -0.05) is 12.1 Å². The van der Waals surface area contributed by atoms with Crippen molar-refractivity contribution in [2.24, 2.45) is 0 Å². The van der Waals surface area contributed by atoms with Gasteiger partial charge in [0.15, 0.2) is 11.5 Å². The Bertz CT molecular complexity index is 1010. The highest BCUT2D eigenvalue weighted by molar-refractivity contribution is 6.02. The zero-order valence-electron chi connectivity index (χ0n) is 16.5. The lowest BCUT2D eigenvalue weighted by molar-refractivity contribution is 0.102. The molecular formula is C20H24N6O2. The first kappa shape index (κ1) is 18.2. The highest BCUT2D eigenvalue weighted by Gasteiger charge is 2.32. The van der Waals surface area contributed by atoms with E-state index < -0.39 is 0 Å². The van der Waals surface area contributed by atoms with E-state index in [0.717, 1.165) is 24.1 Å². The molecule has 1 aromatic carbocycles. The van der Waals surface area contributed by atoms with Gasteiger partial charge in [-0.2, -0.15) is 10.1 Å². The van der Waals surface area contributed by atoms with Gasteiger partial charge < -0.3 is 4.74 Å². The van der Waals surface area contributed by atoms with Crippen LogP contribution in [0.5, 0.6) is 5.75 Å². The van der Waals surface area contributed by atoms with Gasteiger partial charge in [0, 0.05) is 11.6 Å². The molecule has 0 bridgehead atoms. The molecule has 1 amide bonds. The molecule has 1 aliphatic carbocycles. The molecule has 8 nitrogen and oxygen atoms in total. The van der Waals surface area contributed by atoms with Gasteiger partial charge in [0.1, 0.15) is 5.75 Å². The number of aromatic amines is 1. The van der Waals surface area contributed by atoms with Crippen LogP contribution in [0, 0.1) is 0 Å². The van der Waals surface area contributed by atoms with Crippen LogP contribution >= 0.6 is 0 Å². The lowest BCUT2D eigenvalue weighted by Gasteiger charge is -2.22. The molecule has 0 aliphatic heterocycles. The van der Waals surface area contributed by atoms with Gasteiger partial charge in [-0.25, -0.2) is 0 Å². The number of carbonyl (C=O) groups is 1. The molecule has 0 spiro atoms. The van der Waals surface area contributed by atoms with Gasteiger partial charge in [-0.15, -0.1) is 5.10 Å². The Balaban J connectivity index is 1.56. The molecule has 1 saturated carbocycles. The molecule has 1 fully saturated rings. The van der Waals surface area contributed by atoms with Crippen molar-refractivity contribution >= 4 is 11.9 Å². The molecule has 0 unspecified atom stereocenters. The van der Waals surface area contributed by atoms with Gasteiger partial charge >= 0.3 is 0 Å². The quantitative estimate of drug-likeness (QED) is 0.705. The number of rotatable bonds is 5. The first-order valence-electron chi connectivity index (χ1n) is 9.34. The summed E-state index contributed by atoms with van der Waals surface area (Å²) in [6.45, 7) is 6.26. The Morgan fingerprint density at radius 1 is 1.29 bits per heavy atom. The van der Waals surface area contributed by atoms with Crippen molar-refractivity contribution < 1.29 is 9.53 Å². The summed E-state index contributed by atoms with van der Waals surface area (Å²) in [5.41, 5.74) is 2.08. The number of aromatic nitrogens is 5. The average Bonchev–Trinajstić information content (AvgIpc) is 3.23. The van der Waals surface area contributed by atoms with E-state index in [-0.39, 0.29) is 17.4 Å². The zero-order chi connectivity index (χ0) is 19.9. The summed E-state index contributed by atoms with van der Waals surface area (Å²) >= 11 is 0. The Hall–Kier alpha value is -3.16. The Morgan fingerprint density at radius 3 is 2.71 bits per heavy atom. The van der Waals surface area contributed by atoms with E-state index in [1.54, 1.807) is 7.11 Å². The number of ether oxygens (including phenoxy) is 1. The van der Waals surface area contributed by atoms with Gasteiger partial charge in [0.2, 0.25) is 5.95 Å². The second kappa shape index (κ2) is 6.78. The SMILES string of the molecule is COc1ccccc1-c1nc(NC(=O)c2cc(C3CC3)n(C(C)(C)C)n2)n[nH]1. The second-order valence-corrected chi connectivity index (χ2v) is 7.97. The van der Waals surface area contributed by atoms with Crippen molar-refractivity contribution in [3.8, 4) is 17.1 Å². The van der Waals surface area contributed by atoms with Gasteiger partial charge in [-0.3, -0.25) is 19.9 Å². The van der Waals surface area contributed by atoms with E-state index in [1.807, 2.05) is 35.0 Å². The minimum atomic E-state index is -0.324. The number of para-hydroxylation sites is 1. The number of anilines is 1. The molecule has 146 valence electrons. The van der Waals surface area contributed by atoms with Gasteiger partial charge in [-0.05, 0) is 51.8 Å². The molecule has 0 saturated heterocycles. The van der Waals surface area contributed by atoms with Crippen LogP contribution in [0.25, 0.3) is 11.4 Å². The molecule has 2 aromatic heterocycles. The predicted octanol–water partition coefficient (Wildman–Crippen LogP) is 3.56. The number of nitrogens with zero attached hydrogens (tertiary/aromatic N) is 4. The van der Waals surface area contributed by atoms with E-state index in [1.165, 1.54) is 0 Å². The lowest BCUT2D eigenvalue weighted by atomic mass is 10.1. The van der Waals surface area contributed by atoms with Crippen LogP contribution in [0.1, 0.15) is 55.7 Å². The maximum Gasteiger partial charge on any atom is 0.278 e. The Morgan fingerprint density at radius 2 is 2.04 bits per heavy atom. The van der Waals surface area contributed by atoms with Crippen LogP contribution in [0.3, 0.4) is 0 Å². The van der Waals surface area contributed by atoms with Crippen LogP contribution in [0.15, 0.2) is 30.3 Å². The zero-order valence-corrected chi connectivity index (χ0v) is 16.5. The van der Waals surface area contributed by atoms with E-state index in [0.29, 0.717) is 23.2 Å². The summed E-state index contributed by atoms with van der Waals surface area (Å²) in [5.74, 6) is 1.56. The fraction of sp³-hybridized carbons (Fsp3) is 0.400. The fourth-order valence-corrected chi connectivity index (χ4v) is 3.16. The van der Waals surface area contributed by atoms with E-state index >= 15 is 0 Å². The molecule has 28 heavy (non-hydrogen) atoms. The second-order valence-electron chi connectivity index (χ2n) is 7.97. The van der Waals surface area contributed by atoms with E-state index in [9.17, 15) is 4.79 Å². The van der Waals surface area contributed by atoms with Crippen LogP contribution in [0.4, 0.5) is 5.95 Å². The normalized spacial score (nSPS) is 14.1. The minimum absolute atomic E-state index is 0.182. The molecule has 0 radical (unpaired) electrons. The van der Waals surface area contributed by atoms with Crippen LogP contribution in [-0.2, 0) is 5.54 Å². The standard InChI is InChI=1S/C20H24N6O2/c1-20(2,3)26-15(12-9-10-12)11-14(25-26)18(27)22-19-21-17(23-24-19)13-7-5-6-8-16(13)28-4/h5-8,11-12H,9-10H2,1-4H3,(H2,21,22,23,24,27). The number of hydrogen-bond acceptors (Lipinski definition) is 5. The number of H-pyrrole nitrogens is 1. The maximum atomic E-state index is 12.7. The maximum absolute atomic E-state index is 12.7. The average molecular weight is 380 g/mol. The third kappa shape index (κ3) is 3.49. The molecule has 0 atom stereocenters. The number of hydrogen-bond donors (Lipinski definition) is 2. The Labute approximate surface area is 163 Å². The molecular weight excluding hydrogens is 356 g/mol. The Kier molecular flexibility index (Phi) is 4.41. The summed E-state index contributed by atoms with van der Waals surface area (Å²) in [6.07, 6.45) is 2.29. The third-order valence-electron chi connectivity index (χ3n) is 4.67. The number of amides is 1. The summed E-state index contributed by atoms with van der Waals surface area (Å²) in [4.78, 5) is 17.1. The molecule has 2 heterocycles. The van der Waals surface area contributed by atoms with Gasteiger partial charge in [0.05, 0.1) is 18.2 Å². The topological polar surface area (TPSA) is 97.7 Å². The molecule has 2 N–H and O–H groups in total. The number of methoxy groups -OCH3 is 1. The molecule has 3 aromatic rings. The summed E-state index contributed by atoms with van der Waals surface area (Å²) in [7, 11) is 1.60. The minimum Gasteiger partial charge on any atom is -0.496 e. The number of benzene rings is 1. The van der Waals surface area contributed by atoms with Crippen molar-refractivity contribution in [2.75, 3.05) is 12.4 Å². The summed E-state index contributed by atoms with van der Waals surface area (Å²) in [6, 6.07) is 9.36. The fourth-order valence-electron chi connectivity index (χ4n) is 3.16.